The Bertz CT molecular complexity index is 1030. The van der Waals surface area contributed by atoms with Crippen molar-refractivity contribution in [2.24, 2.45) is 0 Å². The molecule has 156 valence electrons. The Morgan fingerprint density at radius 3 is 2.40 bits per heavy atom. The molecule has 3 rings (SSSR count). The molecular weight excluding hydrogens is 384 g/mol. The molecule has 0 aliphatic rings. The minimum atomic E-state index is -0.495. The van der Waals surface area contributed by atoms with Crippen molar-refractivity contribution in [3.63, 3.8) is 0 Å². The lowest BCUT2D eigenvalue weighted by Crippen LogP contribution is -2.15. The van der Waals surface area contributed by atoms with Crippen molar-refractivity contribution < 1.29 is 23.8 Å². The minimum absolute atomic E-state index is 0.144. The van der Waals surface area contributed by atoms with Crippen LogP contribution in [0.15, 0.2) is 54.6 Å². The highest BCUT2D eigenvalue weighted by atomic mass is 16.6. The summed E-state index contributed by atoms with van der Waals surface area (Å²) >= 11 is 0. The van der Waals surface area contributed by atoms with Gasteiger partial charge in [0.2, 0.25) is 0 Å². The molecule has 0 saturated heterocycles. The molecule has 7 nitrogen and oxygen atoms in total. The summed E-state index contributed by atoms with van der Waals surface area (Å²) in [5.74, 6) is 0.296. The monoisotopic (exact) mass is 408 g/mol. The molecule has 2 aromatic carbocycles. The smallest absolute Gasteiger partial charge is 0.340 e. The molecule has 0 aliphatic carbocycles. The van der Waals surface area contributed by atoms with Gasteiger partial charge in [-0.1, -0.05) is 30.3 Å². The predicted molar refractivity (Wildman–Crippen MR) is 113 cm³/mol. The number of para-hydroxylation sites is 3. The van der Waals surface area contributed by atoms with Gasteiger partial charge >= 0.3 is 5.97 Å². The van der Waals surface area contributed by atoms with E-state index in [1.54, 1.807) is 32.0 Å². The van der Waals surface area contributed by atoms with Gasteiger partial charge in [0.1, 0.15) is 18.1 Å². The number of aryl methyl sites for hydroxylation is 1. The SMILES string of the molecule is COCCOC(=O)c1c(C)[nH]c(C(=O)Nc2ccccc2Oc2ccccc2)c1C. The number of esters is 1. The lowest BCUT2D eigenvalue weighted by molar-refractivity contribution is 0.0387. The summed E-state index contributed by atoms with van der Waals surface area (Å²) in [5.41, 5.74) is 2.25. The van der Waals surface area contributed by atoms with Crippen molar-refractivity contribution >= 4 is 17.6 Å². The number of aromatic amines is 1. The summed E-state index contributed by atoms with van der Waals surface area (Å²) < 4.78 is 16.0. The van der Waals surface area contributed by atoms with Crippen LogP contribution in [0.5, 0.6) is 11.5 Å². The zero-order valence-electron chi connectivity index (χ0n) is 17.2. The average molecular weight is 408 g/mol. The van der Waals surface area contributed by atoms with E-state index in [0.29, 0.717) is 46.3 Å². The van der Waals surface area contributed by atoms with E-state index in [-0.39, 0.29) is 12.5 Å². The fourth-order valence-electron chi connectivity index (χ4n) is 3.03. The van der Waals surface area contributed by atoms with Gasteiger partial charge in [-0.05, 0) is 43.7 Å². The topological polar surface area (TPSA) is 89.7 Å². The van der Waals surface area contributed by atoms with Crippen LogP contribution in [0.1, 0.15) is 32.1 Å². The Morgan fingerprint density at radius 1 is 0.967 bits per heavy atom. The van der Waals surface area contributed by atoms with Gasteiger partial charge in [0, 0.05) is 12.8 Å². The maximum absolute atomic E-state index is 12.9. The molecule has 1 heterocycles. The molecule has 0 radical (unpaired) electrons. The molecule has 30 heavy (non-hydrogen) atoms. The highest BCUT2D eigenvalue weighted by Crippen LogP contribution is 2.30. The molecule has 1 amide bonds. The van der Waals surface area contributed by atoms with Crippen molar-refractivity contribution in [2.45, 2.75) is 13.8 Å². The Morgan fingerprint density at radius 2 is 1.67 bits per heavy atom. The van der Waals surface area contributed by atoms with Crippen LogP contribution in [0.3, 0.4) is 0 Å². The number of nitrogens with one attached hydrogen (secondary N) is 2. The van der Waals surface area contributed by atoms with Gasteiger partial charge in [-0.2, -0.15) is 0 Å². The molecule has 0 unspecified atom stereocenters. The number of ether oxygens (including phenoxy) is 3. The lowest BCUT2D eigenvalue weighted by atomic mass is 10.1. The third-order valence-electron chi connectivity index (χ3n) is 4.50. The van der Waals surface area contributed by atoms with Crippen molar-refractivity contribution in [2.75, 3.05) is 25.6 Å². The molecule has 0 aliphatic heterocycles. The molecule has 1 aromatic heterocycles. The molecular formula is C23H24N2O5. The maximum Gasteiger partial charge on any atom is 0.340 e. The van der Waals surface area contributed by atoms with Crippen LogP contribution >= 0.6 is 0 Å². The van der Waals surface area contributed by atoms with Gasteiger partial charge in [-0.3, -0.25) is 4.79 Å². The zero-order valence-corrected chi connectivity index (χ0v) is 17.2. The first-order chi connectivity index (χ1) is 14.5. The van der Waals surface area contributed by atoms with E-state index < -0.39 is 5.97 Å². The Labute approximate surface area is 175 Å². The summed E-state index contributed by atoms with van der Waals surface area (Å²) in [4.78, 5) is 28.3. The van der Waals surface area contributed by atoms with Gasteiger partial charge in [-0.25, -0.2) is 4.79 Å². The van der Waals surface area contributed by atoms with Gasteiger partial charge < -0.3 is 24.5 Å². The molecule has 7 heteroatoms. The maximum atomic E-state index is 12.9. The van der Waals surface area contributed by atoms with E-state index in [4.69, 9.17) is 14.2 Å². The van der Waals surface area contributed by atoms with E-state index in [0.717, 1.165) is 0 Å². The molecule has 0 atom stereocenters. The summed E-state index contributed by atoms with van der Waals surface area (Å²) in [7, 11) is 1.53. The summed E-state index contributed by atoms with van der Waals surface area (Å²) in [5, 5.41) is 2.85. The summed E-state index contributed by atoms with van der Waals surface area (Å²) in [6.07, 6.45) is 0. The number of methoxy groups -OCH3 is 1. The Hall–Kier alpha value is -3.58. The third kappa shape index (κ3) is 4.87. The van der Waals surface area contributed by atoms with E-state index in [1.165, 1.54) is 7.11 Å². The second-order valence-corrected chi connectivity index (χ2v) is 6.62. The zero-order chi connectivity index (χ0) is 21.5. The highest BCUT2D eigenvalue weighted by molar-refractivity contribution is 6.07. The van der Waals surface area contributed by atoms with Crippen LogP contribution < -0.4 is 10.1 Å². The molecule has 0 bridgehead atoms. The van der Waals surface area contributed by atoms with Gasteiger partial charge in [0.25, 0.3) is 5.91 Å². The number of carbonyl (C=O) groups is 2. The number of benzene rings is 2. The molecule has 0 saturated carbocycles. The van der Waals surface area contributed by atoms with E-state index in [1.807, 2.05) is 36.4 Å². The van der Waals surface area contributed by atoms with Crippen molar-refractivity contribution in [3.05, 3.63) is 77.1 Å². The van der Waals surface area contributed by atoms with Crippen LogP contribution in [0, 0.1) is 13.8 Å². The van der Waals surface area contributed by atoms with Crippen molar-refractivity contribution in [1.82, 2.24) is 4.98 Å². The highest BCUT2D eigenvalue weighted by Gasteiger charge is 2.23. The first kappa shape index (κ1) is 21.1. The van der Waals surface area contributed by atoms with Gasteiger partial charge in [0.15, 0.2) is 5.75 Å². The van der Waals surface area contributed by atoms with E-state index in [2.05, 4.69) is 10.3 Å². The Kier molecular flexibility index (Phi) is 6.87. The van der Waals surface area contributed by atoms with E-state index in [9.17, 15) is 9.59 Å². The first-order valence-electron chi connectivity index (χ1n) is 9.49. The van der Waals surface area contributed by atoms with Crippen molar-refractivity contribution in [3.8, 4) is 11.5 Å². The number of aromatic nitrogens is 1. The number of hydrogen-bond acceptors (Lipinski definition) is 5. The fraction of sp³-hybridized carbons (Fsp3) is 0.217. The number of hydrogen-bond donors (Lipinski definition) is 2. The molecule has 0 spiro atoms. The quantitative estimate of drug-likeness (QED) is 0.424. The normalized spacial score (nSPS) is 10.5. The molecule has 0 fully saturated rings. The van der Waals surface area contributed by atoms with E-state index >= 15 is 0 Å². The molecule has 3 aromatic rings. The number of H-pyrrole nitrogens is 1. The number of anilines is 1. The van der Waals surface area contributed by atoms with Crippen LogP contribution in [-0.4, -0.2) is 37.2 Å². The van der Waals surface area contributed by atoms with Gasteiger partial charge in [-0.15, -0.1) is 0 Å². The van der Waals surface area contributed by atoms with Crippen LogP contribution in [-0.2, 0) is 9.47 Å². The lowest BCUT2D eigenvalue weighted by Gasteiger charge is -2.12. The second-order valence-electron chi connectivity index (χ2n) is 6.62. The fourth-order valence-corrected chi connectivity index (χ4v) is 3.03. The van der Waals surface area contributed by atoms with Crippen LogP contribution in [0.25, 0.3) is 0 Å². The first-order valence-corrected chi connectivity index (χ1v) is 9.49. The Balaban J connectivity index is 1.79. The number of amides is 1. The average Bonchev–Trinajstić information content (AvgIpc) is 3.04. The summed E-state index contributed by atoms with van der Waals surface area (Å²) in [6, 6.07) is 16.5. The largest absolute Gasteiger partial charge is 0.460 e. The number of carbonyl (C=O) groups excluding carboxylic acids is 2. The summed E-state index contributed by atoms with van der Waals surface area (Å²) in [6.45, 7) is 3.88. The third-order valence-corrected chi connectivity index (χ3v) is 4.50. The standard InChI is InChI=1S/C23H24N2O5/c1-15-20(23(27)29-14-13-28-3)16(2)24-21(15)22(26)25-18-11-7-8-12-19(18)30-17-9-5-4-6-10-17/h4-12,24H,13-14H2,1-3H3,(H,25,26). The van der Waals surface area contributed by atoms with Gasteiger partial charge in [0.05, 0.1) is 17.9 Å². The van der Waals surface area contributed by atoms with Crippen LogP contribution in [0.4, 0.5) is 5.69 Å². The number of rotatable bonds is 8. The van der Waals surface area contributed by atoms with Crippen molar-refractivity contribution in [1.29, 1.82) is 0 Å². The second kappa shape index (κ2) is 9.76. The minimum Gasteiger partial charge on any atom is -0.460 e. The predicted octanol–water partition coefficient (Wildman–Crippen LogP) is 4.48. The van der Waals surface area contributed by atoms with Crippen LogP contribution in [0.2, 0.25) is 0 Å². The molecule has 2 N–H and O–H groups in total.